The molecule has 0 radical (unpaired) electrons. The van der Waals surface area contributed by atoms with Crippen LogP contribution in [0.5, 0.6) is 5.75 Å². The first kappa shape index (κ1) is 25.6. The molecule has 4 rings (SSSR count). The van der Waals surface area contributed by atoms with Crippen molar-refractivity contribution < 1.29 is 4.74 Å². The standard InChI is InChI=1S/C33H38N2O/c1-2-3-4-5-6-7-8-10-13-27-16-18-29(19-17-27)31-24-34-33(35-25-31)30-20-22-32(23-21-30)36-26-28-14-11-9-12-15-28/h9,11-12,14-25H,2-8,10,13,26H2,1H3. The van der Waals surface area contributed by atoms with Crippen LogP contribution < -0.4 is 4.74 Å². The predicted molar refractivity (Wildman–Crippen MR) is 150 cm³/mol. The van der Waals surface area contributed by atoms with E-state index < -0.39 is 0 Å². The fourth-order valence-electron chi connectivity index (χ4n) is 4.39. The first-order valence-electron chi connectivity index (χ1n) is 13.5. The Kier molecular flexibility index (Phi) is 10.1. The number of hydrogen-bond acceptors (Lipinski definition) is 3. The largest absolute Gasteiger partial charge is 0.489 e. The van der Waals surface area contributed by atoms with Crippen LogP contribution in [-0.4, -0.2) is 9.97 Å². The first-order valence-corrected chi connectivity index (χ1v) is 13.5. The van der Waals surface area contributed by atoms with Gasteiger partial charge in [-0.3, -0.25) is 0 Å². The van der Waals surface area contributed by atoms with Crippen molar-refractivity contribution in [2.24, 2.45) is 0 Å². The summed E-state index contributed by atoms with van der Waals surface area (Å²) in [5.41, 5.74) is 5.75. The van der Waals surface area contributed by atoms with Crippen LogP contribution in [0.15, 0.2) is 91.3 Å². The van der Waals surface area contributed by atoms with Crippen LogP contribution in [-0.2, 0) is 13.0 Å². The summed E-state index contributed by atoms with van der Waals surface area (Å²) in [6.07, 6.45) is 15.9. The molecule has 0 unspecified atom stereocenters. The van der Waals surface area contributed by atoms with Crippen LogP contribution in [0, 0.1) is 0 Å². The minimum Gasteiger partial charge on any atom is -0.489 e. The lowest BCUT2D eigenvalue weighted by molar-refractivity contribution is 0.306. The zero-order chi connectivity index (χ0) is 24.8. The summed E-state index contributed by atoms with van der Waals surface area (Å²) < 4.78 is 5.88. The molecule has 3 heteroatoms. The summed E-state index contributed by atoms with van der Waals surface area (Å²) in [5.74, 6) is 1.56. The molecule has 0 N–H and O–H groups in total. The van der Waals surface area contributed by atoms with Crippen LogP contribution in [0.1, 0.15) is 69.4 Å². The molecule has 0 saturated carbocycles. The lowest BCUT2D eigenvalue weighted by atomic mass is 10.0. The third-order valence-electron chi connectivity index (χ3n) is 6.62. The maximum atomic E-state index is 5.88. The van der Waals surface area contributed by atoms with Gasteiger partial charge in [-0.2, -0.15) is 0 Å². The fourth-order valence-corrected chi connectivity index (χ4v) is 4.39. The van der Waals surface area contributed by atoms with E-state index in [4.69, 9.17) is 4.74 Å². The van der Waals surface area contributed by atoms with Crippen LogP contribution in [0.3, 0.4) is 0 Å². The highest BCUT2D eigenvalue weighted by molar-refractivity contribution is 5.64. The van der Waals surface area contributed by atoms with E-state index in [1.54, 1.807) is 0 Å². The molecule has 4 aromatic rings. The molecule has 186 valence electrons. The van der Waals surface area contributed by atoms with Crippen molar-refractivity contribution in [2.75, 3.05) is 0 Å². The Morgan fingerprint density at radius 3 is 1.83 bits per heavy atom. The number of nitrogens with zero attached hydrogens (tertiary/aromatic N) is 2. The number of aromatic nitrogens is 2. The SMILES string of the molecule is CCCCCCCCCCc1ccc(-c2cnc(-c3ccc(OCc4ccccc4)cc3)nc2)cc1. The number of ether oxygens (including phenoxy) is 1. The second-order valence-corrected chi connectivity index (χ2v) is 9.52. The Labute approximate surface area is 216 Å². The number of unbranched alkanes of at least 4 members (excludes halogenated alkanes) is 7. The van der Waals surface area contributed by atoms with Crippen molar-refractivity contribution >= 4 is 0 Å². The zero-order valence-corrected chi connectivity index (χ0v) is 21.5. The number of aryl methyl sites for hydroxylation is 1. The van der Waals surface area contributed by atoms with Crippen LogP contribution in [0.2, 0.25) is 0 Å². The van der Waals surface area contributed by atoms with Gasteiger partial charge in [0.25, 0.3) is 0 Å². The molecule has 1 heterocycles. The lowest BCUT2D eigenvalue weighted by Gasteiger charge is -2.08. The highest BCUT2D eigenvalue weighted by Gasteiger charge is 2.05. The molecule has 3 aromatic carbocycles. The highest BCUT2D eigenvalue weighted by Crippen LogP contribution is 2.23. The molecule has 0 spiro atoms. The molecule has 0 amide bonds. The Morgan fingerprint density at radius 2 is 1.17 bits per heavy atom. The van der Waals surface area contributed by atoms with Gasteiger partial charge in [0, 0.05) is 23.5 Å². The van der Waals surface area contributed by atoms with Gasteiger partial charge in [0.05, 0.1) is 0 Å². The maximum Gasteiger partial charge on any atom is 0.159 e. The highest BCUT2D eigenvalue weighted by atomic mass is 16.5. The van der Waals surface area contributed by atoms with Gasteiger partial charge in [-0.25, -0.2) is 9.97 Å². The molecular formula is C33H38N2O. The quantitative estimate of drug-likeness (QED) is 0.170. The molecule has 0 aliphatic carbocycles. The summed E-state index contributed by atoms with van der Waals surface area (Å²) in [6, 6.07) is 27.0. The van der Waals surface area contributed by atoms with Crippen LogP contribution in [0.25, 0.3) is 22.5 Å². The minimum atomic E-state index is 0.559. The van der Waals surface area contributed by atoms with Crippen molar-refractivity contribution in [1.29, 1.82) is 0 Å². The molecule has 0 saturated heterocycles. The van der Waals surface area contributed by atoms with Gasteiger partial charge in [-0.15, -0.1) is 0 Å². The summed E-state index contributed by atoms with van der Waals surface area (Å²) in [4.78, 5) is 9.23. The molecular weight excluding hydrogens is 440 g/mol. The van der Waals surface area contributed by atoms with E-state index in [1.165, 1.54) is 56.9 Å². The van der Waals surface area contributed by atoms with E-state index in [0.717, 1.165) is 40.2 Å². The second-order valence-electron chi connectivity index (χ2n) is 9.52. The topological polar surface area (TPSA) is 35.0 Å². The smallest absolute Gasteiger partial charge is 0.159 e. The monoisotopic (exact) mass is 478 g/mol. The van der Waals surface area contributed by atoms with E-state index in [-0.39, 0.29) is 0 Å². The van der Waals surface area contributed by atoms with Crippen LogP contribution in [0.4, 0.5) is 0 Å². The van der Waals surface area contributed by atoms with E-state index >= 15 is 0 Å². The summed E-state index contributed by atoms with van der Waals surface area (Å²) in [5, 5.41) is 0. The third kappa shape index (κ3) is 8.05. The number of benzene rings is 3. The van der Waals surface area contributed by atoms with Crippen molar-refractivity contribution in [3.05, 3.63) is 102 Å². The molecule has 0 bridgehead atoms. The Bertz CT molecular complexity index is 1140. The molecule has 36 heavy (non-hydrogen) atoms. The van der Waals surface area contributed by atoms with E-state index in [0.29, 0.717) is 6.61 Å². The van der Waals surface area contributed by atoms with Gasteiger partial charge in [0.1, 0.15) is 12.4 Å². The van der Waals surface area contributed by atoms with Gasteiger partial charge in [-0.1, -0.05) is 106 Å². The first-order chi connectivity index (χ1) is 17.8. The zero-order valence-electron chi connectivity index (χ0n) is 21.5. The van der Waals surface area contributed by atoms with Crippen molar-refractivity contribution in [3.8, 4) is 28.3 Å². The summed E-state index contributed by atoms with van der Waals surface area (Å²) in [6.45, 7) is 2.83. The third-order valence-corrected chi connectivity index (χ3v) is 6.62. The van der Waals surface area contributed by atoms with E-state index in [9.17, 15) is 0 Å². The number of rotatable bonds is 14. The fraction of sp³-hybridized carbons (Fsp3) is 0.333. The van der Waals surface area contributed by atoms with Gasteiger partial charge < -0.3 is 4.74 Å². The van der Waals surface area contributed by atoms with Gasteiger partial charge >= 0.3 is 0 Å². The molecule has 3 nitrogen and oxygen atoms in total. The summed E-state index contributed by atoms with van der Waals surface area (Å²) in [7, 11) is 0. The van der Waals surface area contributed by atoms with Crippen LogP contribution >= 0.6 is 0 Å². The van der Waals surface area contributed by atoms with Crippen molar-refractivity contribution in [3.63, 3.8) is 0 Å². The Balaban J connectivity index is 1.24. The average Bonchev–Trinajstić information content (AvgIpc) is 2.95. The van der Waals surface area contributed by atoms with E-state index in [2.05, 4.69) is 53.3 Å². The van der Waals surface area contributed by atoms with Crippen molar-refractivity contribution in [1.82, 2.24) is 9.97 Å². The molecule has 0 atom stereocenters. The Morgan fingerprint density at radius 1 is 0.556 bits per heavy atom. The van der Waals surface area contributed by atoms with Gasteiger partial charge in [-0.05, 0) is 53.8 Å². The molecule has 0 aliphatic rings. The van der Waals surface area contributed by atoms with Gasteiger partial charge in [0.15, 0.2) is 5.82 Å². The van der Waals surface area contributed by atoms with Gasteiger partial charge in [0.2, 0.25) is 0 Å². The lowest BCUT2D eigenvalue weighted by Crippen LogP contribution is -1.95. The number of hydrogen-bond donors (Lipinski definition) is 0. The van der Waals surface area contributed by atoms with E-state index in [1.807, 2.05) is 54.9 Å². The second kappa shape index (κ2) is 14.2. The molecule has 0 fully saturated rings. The maximum absolute atomic E-state index is 5.88. The normalized spacial score (nSPS) is 10.9. The average molecular weight is 479 g/mol. The predicted octanol–water partition coefficient (Wildman–Crippen LogP) is 9.07. The Hall–Kier alpha value is -3.46. The summed E-state index contributed by atoms with van der Waals surface area (Å²) >= 11 is 0. The molecule has 0 aliphatic heterocycles. The molecule has 1 aromatic heterocycles. The van der Waals surface area contributed by atoms with Crippen molar-refractivity contribution in [2.45, 2.75) is 71.3 Å². The minimum absolute atomic E-state index is 0.559.